The summed E-state index contributed by atoms with van der Waals surface area (Å²) in [4.78, 5) is 22.0. The number of halogens is 1. The molecule has 0 heterocycles. The van der Waals surface area contributed by atoms with E-state index in [2.05, 4.69) is 10.1 Å². The number of methoxy groups -OCH3 is 1. The Morgan fingerprint density at radius 2 is 2.12 bits per heavy atom. The molecular formula is C12H12ClNO3. The van der Waals surface area contributed by atoms with Gasteiger partial charge in [-0.2, -0.15) is 0 Å². The molecular weight excluding hydrogens is 242 g/mol. The van der Waals surface area contributed by atoms with Crippen molar-refractivity contribution >= 4 is 35.2 Å². The molecule has 4 nitrogen and oxygen atoms in total. The van der Waals surface area contributed by atoms with Crippen LogP contribution >= 0.6 is 11.6 Å². The molecule has 0 aliphatic heterocycles. The second-order valence-electron chi connectivity index (χ2n) is 3.27. The highest BCUT2D eigenvalue weighted by Crippen LogP contribution is 2.22. The molecule has 1 rings (SSSR count). The Morgan fingerprint density at radius 1 is 1.41 bits per heavy atom. The van der Waals surface area contributed by atoms with Gasteiger partial charge >= 0.3 is 5.97 Å². The van der Waals surface area contributed by atoms with E-state index in [4.69, 9.17) is 11.6 Å². The molecule has 0 fully saturated rings. The summed E-state index contributed by atoms with van der Waals surface area (Å²) < 4.78 is 4.48. The Labute approximate surface area is 104 Å². The zero-order chi connectivity index (χ0) is 12.8. The summed E-state index contributed by atoms with van der Waals surface area (Å²) in [5.74, 6) is -0.668. The van der Waals surface area contributed by atoms with Crippen molar-refractivity contribution in [3.8, 4) is 0 Å². The molecule has 0 saturated carbocycles. The molecule has 0 aromatic heterocycles. The molecule has 0 spiro atoms. The quantitative estimate of drug-likeness (QED) is 0.665. The molecule has 0 bridgehead atoms. The van der Waals surface area contributed by atoms with Crippen LogP contribution in [0.25, 0.3) is 6.08 Å². The number of ether oxygens (including phenoxy) is 1. The van der Waals surface area contributed by atoms with Gasteiger partial charge in [-0.15, -0.1) is 0 Å². The summed E-state index contributed by atoms with van der Waals surface area (Å²) in [7, 11) is 1.29. The molecule has 90 valence electrons. The van der Waals surface area contributed by atoms with Gasteiger partial charge in [-0.3, -0.25) is 4.79 Å². The predicted octanol–water partition coefficient (Wildman–Crippen LogP) is 2.48. The molecule has 17 heavy (non-hydrogen) atoms. The SMILES string of the molecule is COC(=O)/C=C/c1cc(Cl)ccc1NC(C)=O. The van der Waals surface area contributed by atoms with E-state index in [-0.39, 0.29) is 5.91 Å². The van der Waals surface area contributed by atoms with Crippen molar-refractivity contribution in [3.63, 3.8) is 0 Å². The van der Waals surface area contributed by atoms with E-state index < -0.39 is 5.97 Å². The number of nitrogens with one attached hydrogen (secondary N) is 1. The standard InChI is InChI=1S/C12H12ClNO3/c1-8(15)14-11-5-4-10(13)7-9(11)3-6-12(16)17-2/h3-7H,1-2H3,(H,14,15)/b6-3+. The Balaban J connectivity index is 3.02. The third kappa shape index (κ3) is 4.28. The fourth-order valence-electron chi connectivity index (χ4n) is 1.20. The molecule has 1 amide bonds. The van der Waals surface area contributed by atoms with Gasteiger partial charge in [-0.1, -0.05) is 11.6 Å². The monoisotopic (exact) mass is 253 g/mol. The highest BCUT2D eigenvalue weighted by atomic mass is 35.5. The number of amides is 1. The summed E-state index contributed by atoms with van der Waals surface area (Å²) in [6, 6.07) is 4.97. The molecule has 1 N–H and O–H groups in total. The first kappa shape index (κ1) is 13.3. The van der Waals surface area contributed by atoms with E-state index in [1.54, 1.807) is 18.2 Å². The minimum atomic E-state index is -0.473. The van der Waals surface area contributed by atoms with E-state index in [1.165, 1.54) is 26.2 Å². The van der Waals surface area contributed by atoms with Crippen LogP contribution in [0.4, 0.5) is 5.69 Å². The van der Waals surface area contributed by atoms with Gasteiger partial charge in [0, 0.05) is 23.7 Å². The van der Waals surface area contributed by atoms with Gasteiger partial charge in [-0.25, -0.2) is 4.79 Å². The number of carbonyl (C=O) groups is 2. The number of carbonyl (C=O) groups excluding carboxylic acids is 2. The first-order valence-corrected chi connectivity index (χ1v) is 5.24. The average Bonchev–Trinajstić information content (AvgIpc) is 2.28. The zero-order valence-electron chi connectivity index (χ0n) is 9.49. The van der Waals surface area contributed by atoms with Crippen molar-refractivity contribution in [3.05, 3.63) is 34.9 Å². The summed E-state index contributed by atoms with van der Waals surface area (Å²) in [5.41, 5.74) is 1.22. The highest BCUT2D eigenvalue weighted by molar-refractivity contribution is 6.30. The number of benzene rings is 1. The van der Waals surface area contributed by atoms with E-state index in [9.17, 15) is 9.59 Å². The maximum Gasteiger partial charge on any atom is 0.330 e. The van der Waals surface area contributed by atoms with Crippen molar-refractivity contribution < 1.29 is 14.3 Å². The van der Waals surface area contributed by atoms with Crippen LogP contribution in [-0.4, -0.2) is 19.0 Å². The molecule has 1 aromatic carbocycles. The third-order valence-corrected chi connectivity index (χ3v) is 2.16. The highest BCUT2D eigenvalue weighted by Gasteiger charge is 2.03. The number of esters is 1. The Bertz CT molecular complexity index is 469. The smallest absolute Gasteiger partial charge is 0.330 e. The van der Waals surface area contributed by atoms with Crippen LogP contribution < -0.4 is 5.32 Å². The fraction of sp³-hybridized carbons (Fsp3) is 0.167. The average molecular weight is 254 g/mol. The lowest BCUT2D eigenvalue weighted by molar-refractivity contribution is -0.134. The maximum absolute atomic E-state index is 11.0. The van der Waals surface area contributed by atoms with Crippen molar-refractivity contribution in [2.75, 3.05) is 12.4 Å². The lowest BCUT2D eigenvalue weighted by atomic mass is 10.1. The Hall–Kier alpha value is -1.81. The second kappa shape index (κ2) is 6.06. The first-order chi connectivity index (χ1) is 8.02. The Morgan fingerprint density at radius 3 is 2.71 bits per heavy atom. The lowest BCUT2D eigenvalue weighted by Gasteiger charge is -2.06. The van der Waals surface area contributed by atoms with Gasteiger partial charge in [0.15, 0.2) is 0 Å². The van der Waals surface area contributed by atoms with Gasteiger partial charge in [-0.05, 0) is 29.8 Å². The summed E-state index contributed by atoms with van der Waals surface area (Å²) >= 11 is 5.84. The minimum Gasteiger partial charge on any atom is -0.466 e. The summed E-state index contributed by atoms with van der Waals surface area (Å²) in [5, 5.41) is 3.16. The molecule has 0 unspecified atom stereocenters. The van der Waals surface area contributed by atoms with Gasteiger partial charge in [0.05, 0.1) is 7.11 Å². The molecule has 0 radical (unpaired) electrons. The predicted molar refractivity (Wildman–Crippen MR) is 66.8 cm³/mol. The van der Waals surface area contributed by atoms with Gasteiger partial charge in [0.1, 0.15) is 0 Å². The van der Waals surface area contributed by atoms with Crippen LogP contribution in [0.15, 0.2) is 24.3 Å². The van der Waals surface area contributed by atoms with Crippen LogP contribution in [0, 0.1) is 0 Å². The van der Waals surface area contributed by atoms with Crippen molar-refractivity contribution in [1.82, 2.24) is 0 Å². The van der Waals surface area contributed by atoms with Crippen molar-refractivity contribution in [2.24, 2.45) is 0 Å². The van der Waals surface area contributed by atoms with Crippen molar-refractivity contribution in [1.29, 1.82) is 0 Å². The molecule has 1 aromatic rings. The topological polar surface area (TPSA) is 55.4 Å². The Kier molecular flexibility index (Phi) is 4.72. The summed E-state index contributed by atoms with van der Waals surface area (Å²) in [6.45, 7) is 1.41. The molecule has 0 aliphatic rings. The molecule has 5 heteroatoms. The second-order valence-corrected chi connectivity index (χ2v) is 3.71. The summed E-state index contributed by atoms with van der Waals surface area (Å²) in [6.07, 6.45) is 2.79. The molecule has 0 aliphatic carbocycles. The van der Waals surface area contributed by atoms with E-state index in [1.807, 2.05) is 0 Å². The number of hydrogen-bond donors (Lipinski definition) is 1. The van der Waals surface area contributed by atoms with E-state index >= 15 is 0 Å². The van der Waals surface area contributed by atoms with Gasteiger partial charge in [0.2, 0.25) is 5.91 Å². The number of rotatable bonds is 3. The van der Waals surface area contributed by atoms with Crippen LogP contribution in [0.5, 0.6) is 0 Å². The molecule has 0 atom stereocenters. The van der Waals surface area contributed by atoms with Crippen LogP contribution in [0.3, 0.4) is 0 Å². The van der Waals surface area contributed by atoms with Crippen LogP contribution in [-0.2, 0) is 14.3 Å². The number of hydrogen-bond acceptors (Lipinski definition) is 3. The fourth-order valence-corrected chi connectivity index (χ4v) is 1.38. The first-order valence-electron chi connectivity index (χ1n) is 4.86. The van der Waals surface area contributed by atoms with Gasteiger partial charge in [0.25, 0.3) is 0 Å². The zero-order valence-corrected chi connectivity index (χ0v) is 10.2. The van der Waals surface area contributed by atoms with Crippen molar-refractivity contribution in [2.45, 2.75) is 6.92 Å². The van der Waals surface area contributed by atoms with Crippen LogP contribution in [0.1, 0.15) is 12.5 Å². The maximum atomic E-state index is 11.0. The van der Waals surface area contributed by atoms with Crippen LogP contribution in [0.2, 0.25) is 5.02 Å². The number of anilines is 1. The normalized spacial score (nSPS) is 10.3. The third-order valence-electron chi connectivity index (χ3n) is 1.92. The lowest BCUT2D eigenvalue weighted by Crippen LogP contribution is -2.07. The molecule has 0 saturated heterocycles. The minimum absolute atomic E-state index is 0.194. The van der Waals surface area contributed by atoms with E-state index in [0.29, 0.717) is 16.3 Å². The largest absolute Gasteiger partial charge is 0.466 e. The van der Waals surface area contributed by atoms with E-state index in [0.717, 1.165) is 0 Å². The van der Waals surface area contributed by atoms with Gasteiger partial charge < -0.3 is 10.1 Å².